The molecular formula is C10H3F17O4. The van der Waals surface area contributed by atoms with E-state index in [1.54, 1.807) is 4.74 Å². The molecule has 0 spiro atoms. The topological polar surface area (TPSA) is 55.8 Å². The van der Waals surface area contributed by atoms with E-state index in [0.717, 1.165) is 0 Å². The Labute approximate surface area is 156 Å². The minimum Gasteiger partial charge on any atom is -0.477 e. The van der Waals surface area contributed by atoms with Crippen molar-refractivity contribution in [3.05, 3.63) is 0 Å². The Morgan fingerprint density at radius 2 is 1.00 bits per heavy atom. The molecule has 0 aromatic carbocycles. The fourth-order valence-corrected chi connectivity index (χ4v) is 1.26. The molecule has 0 aromatic rings. The summed E-state index contributed by atoms with van der Waals surface area (Å²) in [6, 6.07) is 0. The molecule has 0 bridgehead atoms. The molecule has 0 aliphatic rings. The summed E-state index contributed by atoms with van der Waals surface area (Å²) in [4.78, 5) is 10.1. The molecule has 1 N–H and O–H groups in total. The van der Waals surface area contributed by atoms with Crippen LogP contribution in [0.25, 0.3) is 0 Å². The lowest BCUT2D eigenvalue weighted by atomic mass is 10.1. The van der Waals surface area contributed by atoms with E-state index >= 15 is 0 Å². The highest BCUT2D eigenvalue weighted by Crippen LogP contribution is 2.53. The molecule has 186 valence electrons. The van der Waals surface area contributed by atoms with Crippen molar-refractivity contribution in [2.24, 2.45) is 0 Å². The highest BCUT2D eigenvalue weighted by atomic mass is 19.4. The average Bonchev–Trinajstić information content (AvgIpc) is 2.48. The van der Waals surface area contributed by atoms with E-state index in [0.29, 0.717) is 0 Å². The molecule has 4 nitrogen and oxygen atoms in total. The minimum atomic E-state index is -7.52. The number of carboxylic acid groups (broad SMARTS) is 1. The van der Waals surface area contributed by atoms with E-state index in [4.69, 9.17) is 5.11 Å². The van der Waals surface area contributed by atoms with Gasteiger partial charge in [0.15, 0.2) is 0 Å². The summed E-state index contributed by atoms with van der Waals surface area (Å²) in [5.74, 6) is -18.5. The summed E-state index contributed by atoms with van der Waals surface area (Å²) in [7, 11) is 0. The zero-order valence-corrected chi connectivity index (χ0v) is 13.3. The summed E-state index contributed by atoms with van der Waals surface area (Å²) in [5.41, 5.74) is -7.22. The molecule has 0 radical (unpaired) electrons. The van der Waals surface area contributed by atoms with Crippen molar-refractivity contribution in [1.29, 1.82) is 0 Å². The molecule has 0 saturated heterocycles. The van der Waals surface area contributed by atoms with Gasteiger partial charge in [-0.3, -0.25) is 4.74 Å². The van der Waals surface area contributed by atoms with Crippen LogP contribution in [0.3, 0.4) is 0 Å². The summed E-state index contributed by atoms with van der Waals surface area (Å²) < 4.78 is 218. The average molecular weight is 510 g/mol. The smallest absolute Gasteiger partial charge is 0.462 e. The summed E-state index contributed by atoms with van der Waals surface area (Å²) in [6.45, 7) is -4.35. The van der Waals surface area contributed by atoms with Crippen molar-refractivity contribution >= 4 is 5.97 Å². The first-order valence-electron chi connectivity index (χ1n) is 6.40. The Hall–Kier alpha value is -1.80. The van der Waals surface area contributed by atoms with Gasteiger partial charge in [-0.05, 0) is 0 Å². The number of carbonyl (C=O) groups is 1. The lowest BCUT2D eigenvalue weighted by molar-refractivity contribution is -0.471. The van der Waals surface area contributed by atoms with Crippen LogP contribution < -0.4 is 0 Å². The first kappa shape index (κ1) is 29.2. The molecule has 0 aromatic heterocycles. The van der Waals surface area contributed by atoms with Crippen LogP contribution in [-0.4, -0.2) is 65.9 Å². The number of hydrogen-bond donors (Lipinski definition) is 1. The molecular weight excluding hydrogens is 507 g/mol. The standard InChI is InChI=1S/C10H3F17O4/c11-3(6(15,16)17,1-30-10(26,27)5(13,14)8(21,22)23)9(24,25)31-4(12,2(28)29)7(18,19)20/h1H2,(H,28,29). The van der Waals surface area contributed by atoms with Gasteiger partial charge in [0.1, 0.15) is 6.61 Å². The van der Waals surface area contributed by atoms with Gasteiger partial charge in [0.2, 0.25) is 0 Å². The number of ether oxygens (including phenoxy) is 2. The quantitative estimate of drug-likeness (QED) is 0.468. The van der Waals surface area contributed by atoms with Crippen LogP contribution in [0, 0.1) is 0 Å². The van der Waals surface area contributed by atoms with E-state index in [1.165, 1.54) is 0 Å². The van der Waals surface area contributed by atoms with Gasteiger partial charge in [-0.1, -0.05) is 0 Å². The van der Waals surface area contributed by atoms with Crippen LogP contribution in [0.5, 0.6) is 0 Å². The van der Waals surface area contributed by atoms with Gasteiger partial charge in [0.05, 0.1) is 0 Å². The SMILES string of the molecule is O=C(O)C(F)(OC(F)(F)C(F)(COC(F)(F)C(F)(F)C(F)(F)F)C(F)(F)F)C(F)(F)F. The third-order valence-corrected chi connectivity index (χ3v) is 2.99. The zero-order valence-electron chi connectivity index (χ0n) is 13.3. The molecule has 0 aliphatic heterocycles. The van der Waals surface area contributed by atoms with Gasteiger partial charge in [0.25, 0.3) is 0 Å². The summed E-state index contributed by atoms with van der Waals surface area (Å²) in [6.07, 6.45) is -36.8. The van der Waals surface area contributed by atoms with Crippen molar-refractivity contribution in [3.63, 3.8) is 0 Å². The van der Waals surface area contributed by atoms with E-state index in [9.17, 15) is 79.4 Å². The van der Waals surface area contributed by atoms with Gasteiger partial charge in [-0.15, -0.1) is 0 Å². The molecule has 0 heterocycles. The van der Waals surface area contributed by atoms with Crippen LogP contribution in [0.15, 0.2) is 0 Å². The van der Waals surface area contributed by atoms with Crippen LogP contribution in [-0.2, 0) is 14.3 Å². The van der Waals surface area contributed by atoms with E-state index in [1.807, 2.05) is 4.74 Å². The molecule has 31 heavy (non-hydrogen) atoms. The van der Waals surface area contributed by atoms with Crippen molar-refractivity contribution in [2.45, 2.75) is 48.2 Å². The number of halogens is 17. The number of alkyl halides is 17. The van der Waals surface area contributed by atoms with Crippen molar-refractivity contribution < 1.29 is 94.0 Å². The highest BCUT2D eigenvalue weighted by molar-refractivity contribution is 5.76. The molecule has 21 heteroatoms. The number of aliphatic carboxylic acids is 1. The Kier molecular flexibility index (Phi) is 7.21. The highest BCUT2D eigenvalue weighted by Gasteiger charge is 2.81. The number of carboxylic acids is 1. The monoisotopic (exact) mass is 510 g/mol. The minimum absolute atomic E-state index is 1.71. The third-order valence-electron chi connectivity index (χ3n) is 2.99. The second kappa shape index (κ2) is 7.66. The van der Waals surface area contributed by atoms with Gasteiger partial charge in [0, 0.05) is 0 Å². The van der Waals surface area contributed by atoms with Crippen molar-refractivity contribution in [3.8, 4) is 0 Å². The van der Waals surface area contributed by atoms with E-state index < -0.39 is 60.8 Å². The Balaban J connectivity index is 6.32. The van der Waals surface area contributed by atoms with Gasteiger partial charge in [-0.25, -0.2) is 9.18 Å². The van der Waals surface area contributed by atoms with E-state index in [-0.39, 0.29) is 0 Å². The van der Waals surface area contributed by atoms with Crippen LogP contribution in [0.1, 0.15) is 0 Å². The van der Waals surface area contributed by atoms with Crippen molar-refractivity contribution in [1.82, 2.24) is 0 Å². The second-order valence-corrected chi connectivity index (χ2v) is 5.19. The fraction of sp³-hybridized carbons (Fsp3) is 0.900. The maximum atomic E-state index is 13.8. The predicted octanol–water partition coefficient (Wildman–Crippen LogP) is 4.99. The molecule has 0 fully saturated rings. The molecule has 0 amide bonds. The Bertz CT molecular complexity index is 663. The molecule has 0 rings (SSSR count). The van der Waals surface area contributed by atoms with Crippen LogP contribution in [0.4, 0.5) is 74.6 Å². The fourth-order valence-electron chi connectivity index (χ4n) is 1.26. The first-order valence-corrected chi connectivity index (χ1v) is 6.40. The normalized spacial score (nSPS) is 19.0. The largest absolute Gasteiger partial charge is 0.477 e. The Morgan fingerprint density at radius 1 is 0.613 bits per heavy atom. The summed E-state index contributed by atoms with van der Waals surface area (Å²) in [5, 5.41) is 7.92. The van der Waals surface area contributed by atoms with Crippen LogP contribution in [0.2, 0.25) is 0 Å². The summed E-state index contributed by atoms with van der Waals surface area (Å²) >= 11 is 0. The third kappa shape index (κ3) is 5.00. The molecule has 2 atom stereocenters. The lowest BCUT2D eigenvalue weighted by Crippen LogP contribution is -2.66. The molecule has 0 saturated carbocycles. The van der Waals surface area contributed by atoms with Gasteiger partial charge >= 0.3 is 54.2 Å². The first-order chi connectivity index (χ1) is 13.1. The van der Waals surface area contributed by atoms with E-state index in [2.05, 4.69) is 0 Å². The van der Waals surface area contributed by atoms with Crippen molar-refractivity contribution in [2.75, 3.05) is 6.61 Å². The molecule has 2 unspecified atom stereocenters. The maximum Gasteiger partial charge on any atom is 0.462 e. The number of hydrogen-bond acceptors (Lipinski definition) is 3. The molecule has 0 aliphatic carbocycles. The lowest BCUT2D eigenvalue weighted by Gasteiger charge is -2.38. The second-order valence-electron chi connectivity index (χ2n) is 5.19. The number of rotatable bonds is 8. The van der Waals surface area contributed by atoms with Gasteiger partial charge < -0.3 is 9.84 Å². The Morgan fingerprint density at radius 3 is 1.26 bits per heavy atom. The predicted molar refractivity (Wildman–Crippen MR) is 55.4 cm³/mol. The van der Waals surface area contributed by atoms with Gasteiger partial charge in [-0.2, -0.15) is 70.2 Å². The maximum absolute atomic E-state index is 13.8. The van der Waals surface area contributed by atoms with Crippen LogP contribution >= 0.6 is 0 Å². The zero-order chi connectivity index (χ0) is 25.7.